The number of nitrogens with two attached hydrogens (primary N) is 2. The van der Waals surface area contributed by atoms with E-state index in [2.05, 4.69) is 20.5 Å². The van der Waals surface area contributed by atoms with Gasteiger partial charge < -0.3 is 16.2 Å². The highest BCUT2D eigenvalue weighted by molar-refractivity contribution is 7.86. The highest BCUT2D eigenvalue weighted by atomic mass is 32.2. The van der Waals surface area contributed by atoms with Crippen LogP contribution in [0.3, 0.4) is 0 Å². The van der Waals surface area contributed by atoms with E-state index in [-0.39, 0.29) is 22.7 Å². The lowest BCUT2D eigenvalue weighted by Gasteiger charge is -2.11. The summed E-state index contributed by atoms with van der Waals surface area (Å²) in [6.07, 6.45) is 0.771. The highest BCUT2D eigenvalue weighted by Crippen LogP contribution is 2.43. The van der Waals surface area contributed by atoms with Crippen molar-refractivity contribution in [3.63, 3.8) is 0 Å². The number of methoxy groups -OCH3 is 1. The molecule has 3 aromatic rings. The van der Waals surface area contributed by atoms with Crippen molar-refractivity contribution in [2.24, 2.45) is 20.5 Å². The molecule has 172 valence electrons. The van der Waals surface area contributed by atoms with Gasteiger partial charge in [-0.1, -0.05) is 25.1 Å². The molecule has 11 heteroatoms. The Morgan fingerprint density at radius 3 is 2.30 bits per heavy atom. The van der Waals surface area contributed by atoms with Crippen molar-refractivity contribution < 1.29 is 17.7 Å². The monoisotopic (exact) mass is 468 g/mol. The second kappa shape index (κ2) is 9.76. The molecule has 33 heavy (non-hydrogen) atoms. The maximum Gasteiger partial charge on any atom is 0.296 e. The average Bonchev–Trinajstić information content (AvgIpc) is 2.77. The number of aryl methyl sites for hydroxylation is 2. The Labute approximate surface area is 191 Å². The molecule has 0 heterocycles. The van der Waals surface area contributed by atoms with Crippen LogP contribution >= 0.6 is 0 Å². The van der Waals surface area contributed by atoms with Crippen molar-refractivity contribution in [1.82, 2.24) is 0 Å². The van der Waals surface area contributed by atoms with Crippen molar-refractivity contribution in [2.75, 3.05) is 18.6 Å². The summed E-state index contributed by atoms with van der Waals surface area (Å²) in [6.45, 7) is 3.88. The number of hydrogen-bond donors (Lipinski definition) is 3. The van der Waals surface area contributed by atoms with Crippen molar-refractivity contribution in [3.05, 3.63) is 59.7 Å². The lowest BCUT2D eigenvalue weighted by atomic mass is 10.1. The third-order valence-corrected chi connectivity index (χ3v) is 5.68. The number of azo groups is 2. The lowest BCUT2D eigenvalue weighted by molar-refractivity contribution is 0.415. The van der Waals surface area contributed by atoms with Gasteiger partial charge in [0, 0.05) is 0 Å². The van der Waals surface area contributed by atoms with Crippen molar-refractivity contribution in [2.45, 2.75) is 25.2 Å². The molecule has 0 atom stereocenters. The Morgan fingerprint density at radius 2 is 1.67 bits per heavy atom. The maximum absolute atomic E-state index is 11.9. The number of nitrogens with zero attached hydrogens (tertiary/aromatic N) is 4. The zero-order valence-electron chi connectivity index (χ0n) is 18.3. The first kappa shape index (κ1) is 23.8. The molecule has 0 saturated carbocycles. The van der Waals surface area contributed by atoms with E-state index in [1.807, 2.05) is 26.0 Å². The topological polar surface area (TPSA) is 165 Å². The summed E-state index contributed by atoms with van der Waals surface area (Å²) in [5.41, 5.74) is 14.4. The number of anilines is 2. The van der Waals surface area contributed by atoms with Crippen LogP contribution in [0.25, 0.3) is 0 Å². The minimum Gasteiger partial charge on any atom is -0.494 e. The summed E-state index contributed by atoms with van der Waals surface area (Å²) in [7, 11) is -3.20. The van der Waals surface area contributed by atoms with E-state index in [0.717, 1.165) is 23.6 Å². The van der Waals surface area contributed by atoms with E-state index in [0.29, 0.717) is 17.1 Å². The van der Waals surface area contributed by atoms with Gasteiger partial charge in [0.1, 0.15) is 27.7 Å². The number of rotatable bonds is 7. The molecule has 0 saturated heterocycles. The van der Waals surface area contributed by atoms with Gasteiger partial charge in [-0.3, -0.25) is 4.55 Å². The molecule has 5 N–H and O–H groups in total. The summed E-state index contributed by atoms with van der Waals surface area (Å²) < 4.78 is 38.8. The predicted octanol–water partition coefficient (Wildman–Crippen LogP) is 5.81. The normalized spacial score (nSPS) is 12.0. The third kappa shape index (κ3) is 5.51. The molecule has 0 aromatic heterocycles. The number of benzene rings is 3. The smallest absolute Gasteiger partial charge is 0.296 e. The molecule has 0 aliphatic carbocycles. The van der Waals surface area contributed by atoms with Crippen LogP contribution in [0.2, 0.25) is 0 Å². The van der Waals surface area contributed by atoms with Crippen LogP contribution in [0.1, 0.15) is 18.1 Å². The van der Waals surface area contributed by atoms with Crippen LogP contribution in [0.4, 0.5) is 34.1 Å². The molecular weight excluding hydrogens is 444 g/mol. The minimum absolute atomic E-state index is 0.0503. The molecule has 0 bridgehead atoms. The Bertz CT molecular complexity index is 1350. The fraction of sp³-hybridized carbons (Fsp3) is 0.182. The summed E-state index contributed by atoms with van der Waals surface area (Å²) in [4.78, 5) is -0.599. The minimum atomic E-state index is -4.70. The quantitative estimate of drug-likeness (QED) is 0.225. The van der Waals surface area contributed by atoms with E-state index in [9.17, 15) is 13.0 Å². The molecule has 0 aliphatic heterocycles. The van der Waals surface area contributed by atoms with Gasteiger partial charge in [-0.25, -0.2) is 0 Å². The van der Waals surface area contributed by atoms with Gasteiger partial charge in [-0.05, 0) is 54.8 Å². The Balaban J connectivity index is 2.14. The first-order chi connectivity index (χ1) is 15.6. The Morgan fingerprint density at radius 1 is 0.939 bits per heavy atom. The standard InChI is InChI=1S/C22H24N6O4S/c1-4-14-8-9-18(32-3)16(11-14)26-27-17-12-19(33(29,30)31)21(24)22(20(17)23)28-25-15-7-5-6-13(2)10-15/h5-12H,4,23-24H2,1-3H3,(H,29,30,31). The Kier molecular flexibility index (Phi) is 7.04. The molecule has 0 aliphatic rings. The largest absolute Gasteiger partial charge is 0.494 e. The molecule has 0 amide bonds. The van der Waals surface area contributed by atoms with Crippen LogP contribution in [0, 0.1) is 6.92 Å². The van der Waals surface area contributed by atoms with Crippen LogP contribution in [-0.2, 0) is 16.5 Å². The van der Waals surface area contributed by atoms with E-state index in [4.69, 9.17) is 16.2 Å². The van der Waals surface area contributed by atoms with Crippen LogP contribution < -0.4 is 16.2 Å². The number of ether oxygens (including phenoxy) is 1. The average molecular weight is 469 g/mol. The zero-order valence-corrected chi connectivity index (χ0v) is 19.2. The molecule has 10 nitrogen and oxygen atoms in total. The van der Waals surface area contributed by atoms with Crippen molar-refractivity contribution >= 4 is 44.2 Å². The van der Waals surface area contributed by atoms with E-state index >= 15 is 0 Å². The first-order valence-electron chi connectivity index (χ1n) is 9.90. The van der Waals surface area contributed by atoms with Gasteiger partial charge in [0.25, 0.3) is 10.1 Å². The van der Waals surface area contributed by atoms with Gasteiger partial charge in [0.15, 0.2) is 0 Å². The van der Waals surface area contributed by atoms with Gasteiger partial charge in [-0.15, -0.1) is 15.3 Å². The molecule has 0 spiro atoms. The maximum atomic E-state index is 11.9. The molecule has 3 rings (SSSR count). The molecule has 0 unspecified atom stereocenters. The van der Waals surface area contributed by atoms with Crippen LogP contribution in [0.5, 0.6) is 5.75 Å². The van der Waals surface area contributed by atoms with E-state index < -0.39 is 15.0 Å². The number of nitrogen functional groups attached to an aromatic ring is 2. The second-order valence-corrected chi connectivity index (χ2v) is 8.53. The van der Waals surface area contributed by atoms with Gasteiger partial charge in [0.05, 0.1) is 24.2 Å². The predicted molar refractivity (Wildman–Crippen MR) is 127 cm³/mol. The summed E-state index contributed by atoms with van der Waals surface area (Å²) in [6, 6.07) is 13.6. The molecule has 0 radical (unpaired) electrons. The van der Waals surface area contributed by atoms with Gasteiger partial charge >= 0.3 is 0 Å². The first-order valence-corrected chi connectivity index (χ1v) is 11.3. The van der Waals surface area contributed by atoms with Gasteiger partial charge in [0.2, 0.25) is 0 Å². The highest BCUT2D eigenvalue weighted by Gasteiger charge is 2.22. The SMILES string of the molecule is CCc1ccc(OC)c(N=Nc2cc(S(=O)(=O)O)c(N)c(N=Nc3cccc(C)c3)c2N)c1. The fourth-order valence-electron chi connectivity index (χ4n) is 3.01. The zero-order chi connectivity index (χ0) is 24.2. The molecule has 0 fully saturated rings. The summed E-state index contributed by atoms with van der Waals surface area (Å²) in [5.74, 6) is 0.472. The molecule has 3 aromatic carbocycles. The van der Waals surface area contributed by atoms with Crippen molar-refractivity contribution in [3.8, 4) is 5.75 Å². The van der Waals surface area contributed by atoms with Gasteiger partial charge in [-0.2, -0.15) is 13.5 Å². The third-order valence-electron chi connectivity index (χ3n) is 4.78. The number of hydrogen-bond acceptors (Lipinski definition) is 9. The van der Waals surface area contributed by atoms with E-state index in [1.54, 1.807) is 30.3 Å². The molecular formula is C22H24N6O4S. The summed E-state index contributed by atoms with van der Waals surface area (Å²) >= 11 is 0. The fourth-order valence-corrected chi connectivity index (χ4v) is 3.64. The second-order valence-electron chi connectivity index (χ2n) is 7.14. The lowest BCUT2D eigenvalue weighted by Crippen LogP contribution is -2.05. The van der Waals surface area contributed by atoms with E-state index in [1.165, 1.54) is 7.11 Å². The van der Waals surface area contributed by atoms with Crippen LogP contribution in [0.15, 0.2) is 73.9 Å². The van der Waals surface area contributed by atoms with Crippen molar-refractivity contribution in [1.29, 1.82) is 0 Å². The Hall–Kier alpha value is -3.83. The summed E-state index contributed by atoms with van der Waals surface area (Å²) in [5, 5.41) is 16.4. The van der Waals surface area contributed by atoms with Crippen LogP contribution in [-0.4, -0.2) is 20.1 Å².